The van der Waals surface area contributed by atoms with Crippen molar-refractivity contribution in [2.24, 2.45) is 0 Å². The van der Waals surface area contributed by atoms with E-state index in [-0.39, 0.29) is 12.2 Å². The van der Waals surface area contributed by atoms with Crippen LogP contribution in [0.1, 0.15) is 15.9 Å². The van der Waals surface area contributed by atoms with Crippen LogP contribution in [0.25, 0.3) is 0 Å². The molecule has 1 aromatic heterocycles. The average Bonchev–Trinajstić information content (AvgIpc) is 2.48. The number of aromatic amines is 1. The van der Waals surface area contributed by atoms with E-state index in [0.29, 0.717) is 6.42 Å². The normalized spacial score (nSPS) is 11.8. The summed E-state index contributed by atoms with van der Waals surface area (Å²) >= 11 is 0. The second-order valence-electron chi connectivity index (χ2n) is 4.46. The second kappa shape index (κ2) is 6.68. The van der Waals surface area contributed by atoms with Gasteiger partial charge in [-0.25, -0.2) is 0 Å². The summed E-state index contributed by atoms with van der Waals surface area (Å²) in [5.74, 6) is -0.484. The molecular formula is C15H16N2O3. The molecular weight excluding hydrogens is 256 g/mol. The Bertz CT molecular complexity index is 622. The molecule has 5 heteroatoms. The molecule has 0 aliphatic rings. The quantitative estimate of drug-likeness (QED) is 0.749. The first-order valence-electron chi connectivity index (χ1n) is 6.34. The van der Waals surface area contributed by atoms with Gasteiger partial charge in [0.25, 0.3) is 11.5 Å². The van der Waals surface area contributed by atoms with Crippen molar-refractivity contribution >= 4 is 5.91 Å². The van der Waals surface area contributed by atoms with Crippen molar-refractivity contribution in [3.8, 4) is 0 Å². The molecule has 0 aliphatic carbocycles. The van der Waals surface area contributed by atoms with Crippen molar-refractivity contribution < 1.29 is 9.90 Å². The standard InChI is InChI=1S/C15H16N2O3/c18-10-12(9-11-5-2-1-3-6-11)17-15(20)13-7-4-8-16-14(13)19/h1-8,12,18H,9-10H2,(H,16,19)(H,17,20)/t12-/m0/s1. The largest absolute Gasteiger partial charge is 0.394 e. The molecule has 5 nitrogen and oxygen atoms in total. The number of nitrogens with one attached hydrogen (secondary N) is 2. The summed E-state index contributed by atoms with van der Waals surface area (Å²) in [6.45, 7) is -0.189. The van der Waals surface area contributed by atoms with E-state index in [9.17, 15) is 14.7 Å². The van der Waals surface area contributed by atoms with Crippen LogP contribution in [0, 0.1) is 0 Å². The number of amides is 1. The van der Waals surface area contributed by atoms with Crippen molar-refractivity contribution in [2.45, 2.75) is 12.5 Å². The van der Waals surface area contributed by atoms with Crippen LogP contribution in [0.4, 0.5) is 0 Å². The first-order valence-corrected chi connectivity index (χ1v) is 6.34. The lowest BCUT2D eigenvalue weighted by Crippen LogP contribution is -2.41. The monoisotopic (exact) mass is 272 g/mol. The van der Waals surface area contributed by atoms with Crippen LogP contribution in [0.5, 0.6) is 0 Å². The number of aliphatic hydroxyl groups excluding tert-OH is 1. The van der Waals surface area contributed by atoms with E-state index < -0.39 is 17.5 Å². The molecule has 0 bridgehead atoms. The third kappa shape index (κ3) is 3.55. The Kier molecular flexibility index (Phi) is 4.68. The van der Waals surface area contributed by atoms with E-state index in [0.717, 1.165) is 5.56 Å². The van der Waals surface area contributed by atoms with Gasteiger partial charge < -0.3 is 15.4 Å². The van der Waals surface area contributed by atoms with Gasteiger partial charge >= 0.3 is 0 Å². The maximum absolute atomic E-state index is 12.0. The van der Waals surface area contributed by atoms with Crippen LogP contribution < -0.4 is 10.9 Å². The Morgan fingerprint density at radius 1 is 1.20 bits per heavy atom. The molecule has 0 aliphatic heterocycles. The number of H-pyrrole nitrogens is 1. The zero-order valence-corrected chi connectivity index (χ0v) is 10.9. The number of benzene rings is 1. The van der Waals surface area contributed by atoms with E-state index in [1.54, 1.807) is 6.07 Å². The summed E-state index contributed by atoms with van der Waals surface area (Å²) in [5, 5.41) is 12.0. The summed E-state index contributed by atoms with van der Waals surface area (Å²) in [6.07, 6.45) is 1.97. The van der Waals surface area contributed by atoms with E-state index in [1.165, 1.54) is 12.3 Å². The fraction of sp³-hybridized carbons (Fsp3) is 0.200. The van der Waals surface area contributed by atoms with Gasteiger partial charge in [-0.2, -0.15) is 0 Å². The fourth-order valence-corrected chi connectivity index (χ4v) is 1.92. The number of carbonyl (C=O) groups excluding carboxylic acids is 1. The highest BCUT2D eigenvalue weighted by Crippen LogP contribution is 2.03. The van der Waals surface area contributed by atoms with Crippen molar-refractivity contribution in [3.63, 3.8) is 0 Å². The Morgan fingerprint density at radius 2 is 1.95 bits per heavy atom. The number of rotatable bonds is 5. The number of hydrogen-bond acceptors (Lipinski definition) is 3. The molecule has 2 aromatic rings. The smallest absolute Gasteiger partial charge is 0.260 e. The van der Waals surface area contributed by atoms with Crippen LogP contribution in [0.3, 0.4) is 0 Å². The van der Waals surface area contributed by atoms with Crippen molar-refractivity contribution in [1.82, 2.24) is 10.3 Å². The number of hydrogen-bond donors (Lipinski definition) is 3. The van der Waals surface area contributed by atoms with Gasteiger partial charge in [0.2, 0.25) is 0 Å². The minimum atomic E-state index is -0.484. The Hall–Kier alpha value is -2.40. The van der Waals surface area contributed by atoms with Crippen LogP contribution in [0.15, 0.2) is 53.5 Å². The highest BCUT2D eigenvalue weighted by molar-refractivity contribution is 5.93. The van der Waals surface area contributed by atoms with Gasteiger partial charge in [-0.1, -0.05) is 30.3 Å². The summed E-state index contributed by atoms with van der Waals surface area (Å²) in [5.41, 5.74) is 0.606. The molecule has 1 atom stereocenters. The Balaban J connectivity index is 2.05. The molecule has 0 unspecified atom stereocenters. The van der Waals surface area contributed by atoms with Gasteiger partial charge in [0, 0.05) is 6.20 Å². The summed E-state index contributed by atoms with van der Waals surface area (Å²) < 4.78 is 0. The van der Waals surface area contributed by atoms with Gasteiger partial charge in [0.1, 0.15) is 5.56 Å². The van der Waals surface area contributed by atoms with E-state index in [1.807, 2.05) is 30.3 Å². The first kappa shape index (κ1) is 14.0. The molecule has 0 radical (unpaired) electrons. The Labute approximate surface area is 116 Å². The molecule has 0 spiro atoms. The lowest BCUT2D eigenvalue weighted by atomic mass is 10.1. The zero-order chi connectivity index (χ0) is 14.4. The van der Waals surface area contributed by atoms with Crippen molar-refractivity contribution in [3.05, 3.63) is 70.1 Å². The number of aromatic nitrogens is 1. The van der Waals surface area contributed by atoms with Crippen LogP contribution >= 0.6 is 0 Å². The highest BCUT2D eigenvalue weighted by atomic mass is 16.3. The zero-order valence-electron chi connectivity index (χ0n) is 10.9. The molecule has 104 valence electrons. The second-order valence-corrected chi connectivity index (χ2v) is 4.46. The molecule has 0 fully saturated rings. The lowest BCUT2D eigenvalue weighted by Gasteiger charge is -2.16. The third-order valence-corrected chi connectivity index (χ3v) is 2.94. The van der Waals surface area contributed by atoms with Crippen molar-refractivity contribution in [1.29, 1.82) is 0 Å². The molecule has 1 heterocycles. The topological polar surface area (TPSA) is 82.2 Å². The maximum atomic E-state index is 12.0. The molecule has 20 heavy (non-hydrogen) atoms. The van der Waals surface area contributed by atoms with Crippen LogP contribution in [-0.2, 0) is 6.42 Å². The van der Waals surface area contributed by atoms with Gasteiger partial charge in [-0.3, -0.25) is 9.59 Å². The summed E-state index contributed by atoms with van der Waals surface area (Å²) in [6, 6.07) is 12.1. The Morgan fingerprint density at radius 3 is 2.60 bits per heavy atom. The molecule has 1 aromatic carbocycles. The van der Waals surface area contributed by atoms with Gasteiger partial charge in [-0.05, 0) is 24.1 Å². The summed E-state index contributed by atoms with van der Waals surface area (Å²) in [7, 11) is 0. The first-order chi connectivity index (χ1) is 9.70. The molecule has 2 rings (SSSR count). The van der Waals surface area contributed by atoms with Crippen LogP contribution in [-0.4, -0.2) is 28.6 Å². The van der Waals surface area contributed by atoms with Gasteiger partial charge in [0.05, 0.1) is 12.6 Å². The SMILES string of the molecule is O=C(N[C@H](CO)Cc1ccccc1)c1ccc[nH]c1=O. The number of carbonyl (C=O) groups is 1. The van der Waals surface area contributed by atoms with Crippen LogP contribution in [0.2, 0.25) is 0 Å². The minimum absolute atomic E-state index is 0.0408. The third-order valence-electron chi connectivity index (χ3n) is 2.94. The summed E-state index contributed by atoms with van der Waals surface area (Å²) in [4.78, 5) is 25.9. The van der Waals surface area contributed by atoms with Gasteiger partial charge in [0.15, 0.2) is 0 Å². The molecule has 1 amide bonds. The fourth-order valence-electron chi connectivity index (χ4n) is 1.92. The molecule has 3 N–H and O–H groups in total. The predicted molar refractivity (Wildman–Crippen MR) is 75.5 cm³/mol. The van der Waals surface area contributed by atoms with Crippen molar-refractivity contribution in [2.75, 3.05) is 6.61 Å². The maximum Gasteiger partial charge on any atom is 0.260 e. The highest BCUT2D eigenvalue weighted by Gasteiger charge is 2.15. The van der Waals surface area contributed by atoms with E-state index in [4.69, 9.17) is 0 Å². The lowest BCUT2D eigenvalue weighted by molar-refractivity contribution is 0.0915. The average molecular weight is 272 g/mol. The number of pyridine rings is 1. The molecule has 0 saturated heterocycles. The number of aliphatic hydroxyl groups is 1. The van der Waals surface area contributed by atoms with Gasteiger partial charge in [-0.15, -0.1) is 0 Å². The minimum Gasteiger partial charge on any atom is -0.394 e. The predicted octanol–water partition coefficient (Wildman–Crippen LogP) is 0.708. The van der Waals surface area contributed by atoms with E-state index >= 15 is 0 Å². The van der Waals surface area contributed by atoms with E-state index in [2.05, 4.69) is 10.3 Å². The molecule has 0 saturated carbocycles.